The Morgan fingerprint density at radius 1 is 1.20 bits per heavy atom. The number of nitrogens with zero attached hydrogens (tertiary/aromatic N) is 2. The van der Waals surface area contributed by atoms with E-state index < -0.39 is 0 Å². The Hall–Kier alpha value is -3.10. The molecule has 0 spiro atoms. The maximum absolute atomic E-state index is 12.4. The monoisotopic (exact) mass is 437 g/mol. The molecule has 2 aromatic carbocycles. The lowest BCUT2D eigenvalue weighted by molar-refractivity contribution is -0.113. The molecule has 1 N–H and O–H groups in total. The summed E-state index contributed by atoms with van der Waals surface area (Å²) in [6.07, 6.45) is 1.70. The maximum Gasteiger partial charge on any atom is 0.258 e. The number of thiazole rings is 1. The number of nitrogens with one attached hydrogen (secondary N) is 1. The lowest BCUT2D eigenvalue weighted by atomic mass is 10.2. The van der Waals surface area contributed by atoms with Crippen LogP contribution in [0.3, 0.4) is 0 Å². The van der Waals surface area contributed by atoms with Gasteiger partial charge in [0.05, 0.1) is 17.1 Å². The van der Waals surface area contributed by atoms with E-state index in [2.05, 4.69) is 10.3 Å². The van der Waals surface area contributed by atoms with Gasteiger partial charge >= 0.3 is 0 Å². The number of thioether (sulfide) groups is 1. The van der Waals surface area contributed by atoms with Crippen molar-refractivity contribution in [3.63, 3.8) is 0 Å². The highest BCUT2D eigenvalue weighted by Crippen LogP contribution is 2.27. The van der Waals surface area contributed by atoms with Crippen molar-refractivity contribution in [3.05, 3.63) is 87.8 Å². The summed E-state index contributed by atoms with van der Waals surface area (Å²) in [5.74, 6) is 0.715. The smallest absolute Gasteiger partial charge is 0.258 e. The van der Waals surface area contributed by atoms with Crippen LogP contribution >= 0.6 is 23.1 Å². The lowest BCUT2D eigenvalue weighted by Crippen LogP contribution is -2.16. The Balaban J connectivity index is 1.44. The molecule has 152 valence electrons. The normalized spacial score (nSPS) is 10.8. The summed E-state index contributed by atoms with van der Waals surface area (Å²) in [6.45, 7) is 2.08. The molecule has 0 fully saturated rings. The lowest BCUT2D eigenvalue weighted by Gasteiger charge is -2.13. The zero-order chi connectivity index (χ0) is 20.9. The predicted molar refractivity (Wildman–Crippen MR) is 121 cm³/mol. The number of hydrogen-bond donors (Lipinski definition) is 1. The van der Waals surface area contributed by atoms with Crippen molar-refractivity contribution < 1.29 is 9.53 Å². The number of anilines is 1. The first-order valence-corrected chi connectivity index (χ1v) is 11.1. The summed E-state index contributed by atoms with van der Waals surface area (Å²) < 4.78 is 7.39. The fourth-order valence-electron chi connectivity index (χ4n) is 2.83. The van der Waals surface area contributed by atoms with Gasteiger partial charge in [0.25, 0.3) is 5.56 Å². The van der Waals surface area contributed by atoms with Gasteiger partial charge in [0, 0.05) is 22.5 Å². The molecule has 2 aromatic heterocycles. The van der Waals surface area contributed by atoms with Crippen LogP contribution in [-0.2, 0) is 11.4 Å². The maximum atomic E-state index is 12.4. The van der Waals surface area contributed by atoms with Crippen LogP contribution in [0.4, 0.5) is 5.69 Å². The third-order valence-corrected chi connectivity index (χ3v) is 6.02. The van der Waals surface area contributed by atoms with Crippen molar-refractivity contribution in [3.8, 4) is 5.75 Å². The minimum atomic E-state index is -0.143. The van der Waals surface area contributed by atoms with Crippen molar-refractivity contribution in [2.75, 3.05) is 11.1 Å². The SMILES string of the molecule is Cc1ccc(OCc2cc(=O)n3ccsc3n2)c(NC(=O)CSc2ccccc2)c1. The summed E-state index contributed by atoms with van der Waals surface area (Å²) in [5.41, 5.74) is 2.00. The fourth-order valence-corrected chi connectivity index (χ4v) is 4.29. The van der Waals surface area contributed by atoms with Gasteiger partial charge in [-0.25, -0.2) is 4.98 Å². The van der Waals surface area contributed by atoms with E-state index in [0.29, 0.717) is 27.8 Å². The number of ether oxygens (including phenoxy) is 1. The van der Waals surface area contributed by atoms with Gasteiger partial charge in [-0.1, -0.05) is 24.3 Å². The number of benzene rings is 2. The number of aromatic nitrogens is 2. The molecule has 1 amide bonds. The van der Waals surface area contributed by atoms with Crippen LogP contribution in [0.1, 0.15) is 11.3 Å². The Labute approximate surface area is 181 Å². The summed E-state index contributed by atoms with van der Waals surface area (Å²) in [6, 6.07) is 16.8. The molecule has 0 radical (unpaired) electrons. The van der Waals surface area contributed by atoms with E-state index in [-0.39, 0.29) is 18.1 Å². The molecule has 0 atom stereocenters. The second kappa shape index (κ2) is 9.15. The minimum Gasteiger partial charge on any atom is -0.485 e. The molecule has 0 saturated carbocycles. The van der Waals surface area contributed by atoms with E-state index in [1.54, 1.807) is 6.20 Å². The second-order valence-corrected chi connectivity index (χ2v) is 8.50. The van der Waals surface area contributed by atoms with E-state index in [0.717, 1.165) is 10.5 Å². The average Bonchev–Trinajstić information content (AvgIpc) is 3.22. The molecule has 4 aromatic rings. The summed E-state index contributed by atoms with van der Waals surface area (Å²) in [4.78, 5) is 30.7. The zero-order valence-corrected chi connectivity index (χ0v) is 17.8. The average molecular weight is 438 g/mol. The van der Waals surface area contributed by atoms with Crippen LogP contribution < -0.4 is 15.6 Å². The molecule has 0 saturated heterocycles. The van der Waals surface area contributed by atoms with E-state index in [1.807, 2.05) is 60.8 Å². The van der Waals surface area contributed by atoms with Gasteiger partial charge in [-0.05, 0) is 36.8 Å². The largest absolute Gasteiger partial charge is 0.485 e. The Morgan fingerprint density at radius 2 is 2.03 bits per heavy atom. The van der Waals surface area contributed by atoms with Crippen LogP contribution in [0, 0.1) is 6.92 Å². The summed E-state index contributed by atoms with van der Waals surface area (Å²) in [5, 5.41) is 4.74. The molecule has 2 heterocycles. The molecular formula is C22H19N3O3S2. The minimum absolute atomic E-state index is 0.115. The van der Waals surface area contributed by atoms with Gasteiger partial charge in [-0.3, -0.25) is 14.0 Å². The number of amides is 1. The van der Waals surface area contributed by atoms with Crippen LogP contribution in [0.25, 0.3) is 4.96 Å². The topological polar surface area (TPSA) is 72.7 Å². The Morgan fingerprint density at radius 3 is 2.87 bits per heavy atom. The van der Waals surface area contributed by atoms with Crippen LogP contribution in [0.2, 0.25) is 0 Å². The number of fused-ring (bicyclic) bond motifs is 1. The standard InChI is InChI=1S/C22H19N3O3S2/c1-15-7-8-19(28-13-16-12-21(27)25-9-10-29-22(25)23-16)18(11-15)24-20(26)14-30-17-5-3-2-4-6-17/h2-12H,13-14H2,1H3,(H,24,26). The number of hydrogen-bond acceptors (Lipinski definition) is 6. The number of carbonyl (C=O) groups excluding carboxylic acids is 1. The Kier molecular flexibility index (Phi) is 6.15. The summed E-state index contributed by atoms with van der Waals surface area (Å²) >= 11 is 2.86. The molecular weight excluding hydrogens is 418 g/mol. The third kappa shape index (κ3) is 4.90. The van der Waals surface area contributed by atoms with Crippen molar-refractivity contribution in [2.24, 2.45) is 0 Å². The van der Waals surface area contributed by atoms with E-state index >= 15 is 0 Å². The van der Waals surface area contributed by atoms with E-state index in [9.17, 15) is 9.59 Å². The van der Waals surface area contributed by atoms with Gasteiger partial charge in [0.2, 0.25) is 5.91 Å². The van der Waals surface area contributed by atoms with Crippen molar-refractivity contribution in [1.29, 1.82) is 0 Å². The van der Waals surface area contributed by atoms with Crippen LogP contribution in [0.5, 0.6) is 5.75 Å². The van der Waals surface area contributed by atoms with Crippen molar-refractivity contribution >= 4 is 39.7 Å². The molecule has 4 rings (SSSR count). The second-order valence-electron chi connectivity index (χ2n) is 6.58. The van der Waals surface area contributed by atoms with E-state index in [4.69, 9.17) is 4.74 Å². The predicted octanol–water partition coefficient (Wildman–Crippen LogP) is 4.37. The molecule has 8 heteroatoms. The molecule has 30 heavy (non-hydrogen) atoms. The molecule has 0 aliphatic carbocycles. The van der Waals surface area contributed by atoms with Gasteiger partial charge in [-0.2, -0.15) is 0 Å². The van der Waals surface area contributed by atoms with Gasteiger partial charge in [0.15, 0.2) is 4.96 Å². The number of carbonyl (C=O) groups is 1. The van der Waals surface area contributed by atoms with Gasteiger partial charge in [-0.15, -0.1) is 23.1 Å². The van der Waals surface area contributed by atoms with Gasteiger partial charge < -0.3 is 10.1 Å². The Bertz CT molecular complexity index is 1240. The molecule has 0 aliphatic rings. The first-order valence-electron chi connectivity index (χ1n) is 9.25. The third-order valence-electron chi connectivity index (χ3n) is 4.25. The van der Waals surface area contributed by atoms with Crippen LogP contribution in [0.15, 0.2) is 75.9 Å². The van der Waals surface area contributed by atoms with Gasteiger partial charge in [0.1, 0.15) is 12.4 Å². The quantitative estimate of drug-likeness (QED) is 0.435. The summed E-state index contributed by atoms with van der Waals surface area (Å²) in [7, 11) is 0. The first-order chi connectivity index (χ1) is 14.6. The first kappa shape index (κ1) is 20.2. The molecule has 6 nitrogen and oxygen atoms in total. The highest BCUT2D eigenvalue weighted by molar-refractivity contribution is 8.00. The zero-order valence-electron chi connectivity index (χ0n) is 16.2. The molecule has 0 bridgehead atoms. The highest BCUT2D eigenvalue weighted by atomic mass is 32.2. The van der Waals surface area contributed by atoms with E-state index in [1.165, 1.54) is 33.6 Å². The van der Waals surface area contributed by atoms with Crippen molar-refractivity contribution in [1.82, 2.24) is 9.38 Å². The molecule has 0 aliphatic heterocycles. The molecule has 0 unspecified atom stereocenters. The highest BCUT2D eigenvalue weighted by Gasteiger charge is 2.11. The fraction of sp³-hybridized carbons (Fsp3) is 0.136. The number of aryl methyl sites for hydroxylation is 1. The van der Waals surface area contributed by atoms with Crippen molar-refractivity contribution in [2.45, 2.75) is 18.4 Å². The van der Waals surface area contributed by atoms with Crippen LogP contribution in [-0.4, -0.2) is 21.0 Å². The number of rotatable bonds is 7.